The van der Waals surface area contributed by atoms with Gasteiger partial charge >= 0.3 is 0 Å². The molecular formula is C8H10O3. The van der Waals surface area contributed by atoms with Gasteiger partial charge in [0.05, 0.1) is 13.2 Å². The molecule has 2 rings (SSSR count). The lowest BCUT2D eigenvalue weighted by Gasteiger charge is -2.13. The van der Waals surface area contributed by atoms with Crippen LogP contribution in [-0.4, -0.2) is 25.3 Å². The zero-order valence-corrected chi connectivity index (χ0v) is 6.16. The molecule has 1 heterocycles. The van der Waals surface area contributed by atoms with Gasteiger partial charge in [0, 0.05) is 12.3 Å². The summed E-state index contributed by atoms with van der Waals surface area (Å²) in [4.78, 5) is 10.8. The van der Waals surface area contributed by atoms with Crippen molar-refractivity contribution in [2.24, 2.45) is 5.92 Å². The summed E-state index contributed by atoms with van der Waals surface area (Å²) in [5, 5.41) is 0. The Bertz CT molecular complexity index is 192. The van der Waals surface area contributed by atoms with E-state index in [1.54, 1.807) is 6.08 Å². The molecule has 1 aliphatic heterocycles. The third-order valence-electron chi connectivity index (χ3n) is 1.96. The number of rotatable bonds is 1. The normalized spacial score (nSPS) is 32.0. The van der Waals surface area contributed by atoms with Crippen molar-refractivity contribution in [1.82, 2.24) is 0 Å². The molecule has 0 spiro atoms. The minimum absolute atomic E-state index is 0.157. The first-order chi connectivity index (χ1) is 5.36. The predicted molar refractivity (Wildman–Crippen MR) is 37.9 cm³/mol. The van der Waals surface area contributed by atoms with Crippen molar-refractivity contribution < 1.29 is 14.3 Å². The Hall–Kier alpha value is -0.670. The van der Waals surface area contributed by atoms with Crippen LogP contribution in [0.5, 0.6) is 0 Å². The third-order valence-corrected chi connectivity index (χ3v) is 1.96. The number of carbonyl (C=O) groups is 1. The molecule has 3 nitrogen and oxygen atoms in total. The molecule has 1 fully saturated rings. The zero-order chi connectivity index (χ0) is 7.68. The van der Waals surface area contributed by atoms with Gasteiger partial charge in [0.1, 0.15) is 0 Å². The highest BCUT2D eigenvalue weighted by Gasteiger charge is 2.29. The maximum atomic E-state index is 10.8. The molecule has 0 radical (unpaired) electrons. The Morgan fingerprint density at radius 2 is 2.09 bits per heavy atom. The molecule has 1 unspecified atom stereocenters. The zero-order valence-electron chi connectivity index (χ0n) is 6.16. The van der Waals surface area contributed by atoms with Gasteiger partial charge in [-0.1, -0.05) is 6.08 Å². The second-order valence-electron chi connectivity index (χ2n) is 2.80. The standard InChI is InChI=1S/C8H10O3/c9-7-2-1-6(5-7)8-10-3-4-11-8/h1-2,6,8H,3-5H2. The van der Waals surface area contributed by atoms with E-state index in [1.807, 2.05) is 6.08 Å². The average molecular weight is 154 g/mol. The second kappa shape index (κ2) is 2.75. The topological polar surface area (TPSA) is 35.5 Å². The summed E-state index contributed by atoms with van der Waals surface area (Å²) in [6.07, 6.45) is 3.86. The second-order valence-corrected chi connectivity index (χ2v) is 2.80. The monoisotopic (exact) mass is 154 g/mol. The summed E-state index contributed by atoms with van der Waals surface area (Å²) in [5.74, 6) is 0.332. The number of hydrogen-bond acceptors (Lipinski definition) is 3. The smallest absolute Gasteiger partial charge is 0.164 e. The highest BCUT2D eigenvalue weighted by molar-refractivity contribution is 5.92. The van der Waals surface area contributed by atoms with Gasteiger partial charge in [-0.15, -0.1) is 0 Å². The van der Waals surface area contributed by atoms with Crippen LogP contribution < -0.4 is 0 Å². The summed E-state index contributed by atoms with van der Waals surface area (Å²) in [5.41, 5.74) is 0. The Balaban J connectivity index is 1.96. The average Bonchev–Trinajstić information content (AvgIpc) is 2.55. The highest BCUT2D eigenvalue weighted by atomic mass is 16.7. The molecule has 2 aliphatic rings. The van der Waals surface area contributed by atoms with Gasteiger partial charge in [-0.3, -0.25) is 4.79 Å². The number of ether oxygens (including phenoxy) is 2. The minimum atomic E-state index is -0.169. The number of carbonyl (C=O) groups excluding carboxylic acids is 1. The Kier molecular flexibility index (Phi) is 1.75. The third kappa shape index (κ3) is 1.34. The van der Waals surface area contributed by atoms with Crippen LogP contribution in [0.4, 0.5) is 0 Å². The molecule has 60 valence electrons. The quantitative estimate of drug-likeness (QED) is 0.552. The van der Waals surface area contributed by atoms with Gasteiger partial charge in [0.15, 0.2) is 12.1 Å². The maximum absolute atomic E-state index is 10.8. The van der Waals surface area contributed by atoms with Gasteiger partial charge in [0.25, 0.3) is 0 Å². The molecule has 0 aromatic heterocycles. The molecule has 0 aromatic carbocycles. The largest absolute Gasteiger partial charge is 0.350 e. The van der Waals surface area contributed by atoms with Gasteiger partial charge in [-0.2, -0.15) is 0 Å². The summed E-state index contributed by atoms with van der Waals surface area (Å²) in [6.45, 7) is 1.31. The van der Waals surface area contributed by atoms with E-state index in [9.17, 15) is 4.79 Å². The summed E-state index contributed by atoms with van der Waals surface area (Å²) in [7, 11) is 0. The fraction of sp³-hybridized carbons (Fsp3) is 0.625. The van der Waals surface area contributed by atoms with Crippen LogP contribution in [0.1, 0.15) is 6.42 Å². The summed E-state index contributed by atoms with van der Waals surface area (Å²) < 4.78 is 10.5. The lowest BCUT2D eigenvalue weighted by molar-refractivity contribution is -0.118. The maximum Gasteiger partial charge on any atom is 0.164 e. The van der Waals surface area contributed by atoms with Gasteiger partial charge in [-0.05, 0) is 6.08 Å². The molecule has 0 amide bonds. The Morgan fingerprint density at radius 3 is 2.64 bits per heavy atom. The molecule has 0 saturated carbocycles. The van der Waals surface area contributed by atoms with E-state index in [0.717, 1.165) is 0 Å². The fourth-order valence-corrected chi connectivity index (χ4v) is 1.41. The van der Waals surface area contributed by atoms with E-state index in [1.165, 1.54) is 0 Å². The van der Waals surface area contributed by atoms with Crippen LogP contribution in [0.2, 0.25) is 0 Å². The molecule has 1 atom stereocenters. The molecule has 1 saturated heterocycles. The van der Waals surface area contributed by atoms with Crippen LogP contribution in [-0.2, 0) is 14.3 Å². The van der Waals surface area contributed by atoms with Crippen LogP contribution in [0, 0.1) is 5.92 Å². The first-order valence-electron chi connectivity index (χ1n) is 3.80. The molecule has 3 heteroatoms. The van der Waals surface area contributed by atoms with Crippen LogP contribution in [0.15, 0.2) is 12.2 Å². The molecule has 0 bridgehead atoms. The van der Waals surface area contributed by atoms with Crippen molar-refractivity contribution in [2.45, 2.75) is 12.7 Å². The van der Waals surface area contributed by atoms with Crippen molar-refractivity contribution in [2.75, 3.05) is 13.2 Å². The lowest BCUT2D eigenvalue weighted by Crippen LogP contribution is -2.18. The van der Waals surface area contributed by atoms with E-state index in [2.05, 4.69) is 0 Å². The van der Waals surface area contributed by atoms with Crippen LogP contribution >= 0.6 is 0 Å². The first-order valence-corrected chi connectivity index (χ1v) is 3.80. The van der Waals surface area contributed by atoms with Crippen molar-refractivity contribution in [3.05, 3.63) is 12.2 Å². The molecule has 0 N–H and O–H groups in total. The SMILES string of the molecule is O=C1C=CC(C2OCCO2)C1. The van der Waals surface area contributed by atoms with E-state index in [0.29, 0.717) is 19.6 Å². The van der Waals surface area contributed by atoms with Crippen molar-refractivity contribution >= 4 is 5.78 Å². The van der Waals surface area contributed by atoms with Gasteiger partial charge in [0.2, 0.25) is 0 Å². The van der Waals surface area contributed by atoms with Crippen LogP contribution in [0.25, 0.3) is 0 Å². The number of allylic oxidation sites excluding steroid dienone is 1. The number of ketones is 1. The first kappa shape index (κ1) is 7.00. The molecular weight excluding hydrogens is 144 g/mol. The van der Waals surface area contributed by atoms with Gasteiger partial charge < -0.3 is 9.47 Å². The summed E-state index contributed by atoms with van der Waals surface area (Å²) >= 11 is 0. The number of hydrogen-bond donors (Lipinski definition) is 0. The predicted octanol–water partition coefficient (Wildman–Crippen LogP) is 0.504. The van der Waals surface area contributed by atoms with E-state index in [4.69, 9.17) is 9.47 Å². The molecule has 0 aromatic rings. The lowest BCUT2D eigenvalue weighted by atomic mass is 10.1. The minimum Gasteiger partial charge on any atom is -0.350 e. The Morgan fingerprint density at radius 1 is 1.36 bits per heavy atom. The fourth-order valence-electron chi connectivity index (χ4n) is 1.41. The van der Waals surface area contributed by atoms with Crippen molar-refractivity contribution in [1.29, 1.82) is 0 Å². The highest BCUT2D eigenvalue weighted by Crippen LogP contribution is 2.23. The Labute approximate surface area is 65.0 Å². The molecule has 11 heavy (non-hydrogen) atoms. The van der Waals surface area contributed by atoms with E-state index >= 15 is 0 Å². The van der Waals surface area contributed by atoms with E-state index < -0.39 is 0 Å². The van der Waals surface area contributed by atoms with Crippen LogP contribution in [0.3, 0.4) is 0 Å². The van der Waals surface area contributed by atoms with Crippen molar-refractivity contribution in [3.63, 3.8) is 0 Å². The van der Waals surface area contributed by atoms with E-state index in [-0.39, 0.29) is 18.0 Å². The summed E-state index contributed by atoms with van der Waals surface area (Å²) in [6, 6.07) is 0. The molecule has 1 aliphatic carbocycles. The van der Waals surface area contributed by atoms with Gasteiger partial charge in [-0.25, -0.2) is 0 Å². The van der Waals surface area contributed by atoms with Crippen molar-refractivity contribution in [3.8, 4) is 0 Å².